The first-order valence-electron chi connectivity index (χ1n) is 6.12. The summed E-state index contributed by atoms with van der Waals surface area (Å²) in [5.41, 5.74) is 2.62. The number of hydrogen-bond donors (Lipinski definition) is 0. The number of aliphatic imine (C=N–C) groups is 1. The molecule has 0 N–H and O–H groups in total. The number of halogens is 3. The van der Waals surface area contributed by atoms with Crippen LogP contribution in [0.15, 0.2) is 45.9 Å². The molecule has 20 heavy (non-hydrogen) atoms. The van der Waals surface area contributed by atoms with E-state index in [9.17, 15) is 4.39 Å². The Morgan fingerprint density at radius 1 is 1.25 bits per heavy atom. The largest absolute Gasteiger partial charge is 0.354 e. The molecule has 0 amide bonds. The highest BCUT2D eigenvalue weighted by Gasteiger charge is 2.14. The zero-order chi connectivity index (χ0) is 14.1. The van der Waals surface area contributed by atoms with Gasteiger partial charge in [-0.15, -0.1) is 0 Å². The molecule has 0 aromatic heterocycles. The van der Waals surface area contributed by atoms with Crippen LogP contribution < -0.4 is 0 Å². The highest BCUT2D eigenvalue weighted by atomic mass is 79.9. The van der Waals surface area contributed by atoms with E-state index >= 15 is 0 Å². The van der Waals surface area contributed by atoms with Crippen LogP contribution in [0, 0.1) is 5.82 Å². The van der Waals surface area contributed by atoms with Crippen LogP contribution in [0.25, 0.3) is 0 Å². The van der Waals surface area contributed by atoms with Gasteiger partial charge in [-0.2, -0.15) is 0 Å². The van der Waals surface area contributed by atoms with E-state index in [4.69, 9.17) is 11.6 Å². The van der Waals surface area contributed by atoms with Gasteiger partial charge >= 0.3 is 0 Å². The van der Waals surface area contributed by atoms with E-state index in [1.54, 1.807) is 12.4 Å². The minimum absolute atomic E-state index is 0.213. The zero-order valence-corrected chi connectivity index (χ0v) is 12.8. The second-order valence-corrected chi connectivity index (χ2v) is 6.01. The van der Waals surface area contributed by atoms with E-state index in [0.29, 0.717) is 23.7 Å². The average Bonchev–Trinajstić information content (AvgIpc) is 2.42. The summed E-state index contributed by atoms with van der Waals surface area (Å²) < 4.78 is 14.6. The fourth-order valence-corrected chi connectivity index (χ4v) is 2.66. The van der Waals surface area contributed by atoms with Crippen LogP contribution in [0.4, 0.5) is 10.1 Å². The lowest BCUT2D eigenvalue weighted by molar-refractivity contribution is 0.404. The van der Waals surface area contributed by atoms with Gasteiger partial charge in [0.05, 0.1) is 12.0 Å². The lowest BCUT2D eigenvalue weighted by Gasteiger charge is -2.24. The van der Waals surface area contributed by atoms with Crippen LogP contribution in [-0.4, -0.2) is 11.2 Å². The van der Waals surface area contributed by atoms with E-state index in [0.717, 1.165) is 15.7 Å². The summed E-state index contributed by atoms with van der Waals surface area (Å²) in [7, 11) is 0. The van der Waals surface area contributed by atoms with Gasteiger partial charge in [-0.3, -0.25) is 0 Å². The Hall–Kier alpha value is -1.39. The van der Waals surface area contributed by atoms with Crippen LogP contribution >= 0.6 is 27.5 Å². The maximum absolute atomic E-state index is 13.8. The van der Waals surface area contributed by atoms with Crippen molar-refractivity contribution in [2.24, 2.45) is 4.99 Å². The second-order valence-electron chi connectivity index (χ2n) is 4.66. The number of hydrogen-bond acceptors (Lipinski definition) is 2. The first kappa shape index (κ1) is 13.6. The summed E-state index contributed by atoms with van der Waals surface area (Å²) in [6.07, 6.45) is 1.74. The summed E-state index contributed by atoms with van der Waals surface area (Å²) in [4.78, 5) is 6.34. The highest BCUT2D eigenvalue weighted by Crippen LogP contribution is 2.28. The Balaban J connectivity index is 1.80. The molecule has 0 saturated heterocycles. The van der Waals surface area contributed by atoms with E-state index in [2.05, 4.69) is 20.9 Å². The Labute approximate surface area is 130 Å². The van der Waals surface area contributed by atoms with E-state index in [1.165, 1.54) is 6.07 Å². The van der Waals surface area contributed by atoms with Gasteiger partial charge in [0.1, 0.15) is 5.82 Å². The molecular weight excluding hydrogens is 343 g/mol. The van der Waals surface area contributed by atoms with Crippen molar-refractivity contribution in [1.29, 1.82) is 0 Å². The molecule has 0 atom stereocenters. The first-order chi connectivity index (χ1) is 9.61. The molecule has 0 aliphatic carbocycles. The molecule has 3 rings (SSSR count). The minimum atomic E-state index is -0.213. The molecule has 2 nitrogen and oxygen atoms in total. The van der Waals surface area contributed by atoms with Crippen molar-refractivity contribution < 1.29 is 4.39 Å². The number of nitrogens with zero attached hydrogens (tertiary/aromatic N) is 2. The first-order valence-corrected chi connectivity index (χ1v) is 7.29. The number of rotatable bonds is 2. The predicted octanol–water partition coefficient (Wildman–Crippen LogP) is 4.92. The molecule has 2 aromatic carbocycles. The quantitative estimate of drug-likeness (QED) is 0.748. The fraction of sp³-hybridized carbons (Fsp3) is 0.133. The van der Waals surface area contributed by atoms with Crippen molar-refractivity contribution >= 4 is 39.6 Å². The van der Waals surface area contributed by atoms with Gasteiger partial charge in [-0.1, -0.05) is 39.7 Å². The molecule has 0 fully saturated rings. The van der Waals surface area contributed by atoms with Crippen LogP contribution in [0.1, 0.15) is 11.1 Å². The fourth-order valence-electron chi connectivity index (χ4n) is 2.16. The lowest BCUT2D eigenvalue weighted by Crippen LogP contribution is -2.23. The van der Waals surface area contributed by atoms with E-state index in [1.807, 2.05) is 29.2 Å². The monoisotopic (exact) mass is 352 g/mol. The van der Waals surface area contributed by atoms with Crippen molar-refractivity contribution in [3.63, 3.8) is 0 Å². The summed E-state index contributed by atoms with van der Waals surface area (Å²) >= 11 is 9.19. The van der Waals surface area contributed by atoms with E-state index < -0.39 is 0 Å². The van der Waals surface area contributed by atoms with Crippen molar-refractivity contribution in [1.82, 2.24) is 4.90 Å². The molecule has 0 bridgehead atoms. The molecule has 0 unspecified atom stereocenters. The number of fused-ring (bicyclic) bond motifs is 1. The van der Waals surface area contributed by atoms with Gasteiger partial charge in [0.25, 0.3) is 0 Å². The minimum Gasteiger partial charge on any atom is -0.354 e. The Morgan fingerprint density at radius 2 is 2.10 bits per heavy atom. The molecule has 102 valence electrons. The van der Waals surface area contributed by atoms with Crippen LogP contribution in [0.3, 0.4) is 0 Å². The zero-order valence-electron chi connectivity index (χ0n) is 10.5. The van der Waals surface area contributed by atoms with Crippen LogP contribution in [0.2, 0.25) is 5.02 Å². The van der Waals surface area contributed by atoms with Gasteiger partial charge in [0.2, 0.25) is 0 Å². The molecule has 0 saturated carbocycles. The molecule has 5 heteroatoms. The summed E-state index contributed by atoms with van der Waals surface area (Å²) in [6.45, 7) is 1.19. The second kappa shape index (κ2) is 5.54. The van der Waals surface area contributed by atoms with Gasteiger partial charge in [-0.05, 0) is 29.8 Å². The SMILES string of the molecule is Fc1cc(Br)ccc1CN1C=Nc2cc(Cl)ccc2C1. The standard InChI is InChI=1S/C15H11BrClFN2/c16-12-3-1-10(14(18)5-12)7-20-8-11-2-4-13(17)6-15(11)19-9-20/h1-6,9H,7-8H2. The van der Waals surface area contributed by atoms with E-state index in [-0.39, 0.29) is 5.82 Å². The van der Waals surface area contributed by atoms with Gasteiger partial charge in [-0.25, -0.2) is 9.38 Å². The molecule has 1 aliphatic heterocycles. The third kappa shape index (κ3) is 2.86. The molecule has 0 spiro atoms. The molecular formula is C15H11BrClFN2. The summed E-state index contributed by atoms with van der Waals surface area (Å²) in [5.74, 6) is -0.213. The third-order valence-electron chi connectivity index (χ3n) is 3.17. The van der Waals surface area contributed by atoms with Crippen molar-refractivity contribution in [3.8, 4) is 0 Å². The Bertz CT molecular complexity index is 688. The van der Waals surface area contributed by atoms with Crippen LogP contribution in [0.5, 0.6) is 0 Å². The van der Waals surface area contributed by atoms with Crippen molar-refractivity contribution in [2.75, 3.05) is 0 Å². The van der Waals surface area contributed by atoms with Gasteiger partial charge < -0.3 is 4.90 Å². The Kier molecular flexibility index (Phi) is 3.76. The van der Waals surface area contributed by atoms with Crippen molar-refractivity contribution in [2.45, 2.75) is 13.1 Å². The predicted molar refractivity (Wildman–Crippen MR) is 83.0 cm³/mol. The number of benzene rings is 2. The van der Waals surface area contributed by atoms with Gasteiger partial charge in [0, 0.05) is 28.1 Å². The third-order valence-corrected chi connectivity index (χ3v) is 3.90. The average molecular weight is 354 g/mol. The molecule has 2 aromatic rings. The molecule has 1 aliphatic rings. The van der Waals surface area contributed by atoms with Crippen molar-refractivity contribution in [3.05, 3.63) is 62.8 Å². The smallest absolute Gasteiger partial charge is 0.129 e. The van der Waals surface area contributed by atoms with Gasteiger partial charge in [0.15, 0.2) is 0 Å². The molecule has 1 heterocycles. The van der Waals surface area contributed by atoms with Crippen LogP contribution in [-0.2, 0) is 13.1 Å². The summed E-state index contributed by atoms with van der Waals surface area (Å²) in [5, 5.41) is 0.674. The summed E-state index contributed by atoms with van der Waals surface area (Å²) in [6, 6.07) is 10.7. The lowest BCUT2D eigenvalue weighted by atomic mass is 10.1. The normalized spacial score (nSPS) is 13.4. The maximum atomic E-state index is 13.8. The topological polar surface area (TPSA) is 15.6 Å². The highest BCUT2D eigenvalue weighted by molar-refractivity contribution is 9.10. The maximum Gasteiger partial charge on any atom is 0.129 e. The Morgan fingerprint density at radius 3 is 2.90 bits per heavy atom. The molecule has 0 radical (unpaired) electrons.